The lowest BCUT2D eigenvalue weighted by Crippen LogP contribution is -2.65. The highest BCUT2D eigenvalue weighted by Gasteiger charge is 2.54. The summed E-state index contributed by atoms with van der Waals surface area (Å²) in [6.45, 7) is -3.45. The van der Waals surface area contributed by atoms with Crippen LogP contribution in [0.1, 0.15) is 6.42 Å². The first kappa shape index (κ1) is 78.8. The average molecular weight is 1540 g/mol. The Morgan fingerprint density at radius 1 is 0.213 bits per heavy atom. The maximum Gasteiger partial charge on any atom is 0.218 e. The predicted octanol–water partition coefficient (Wildman–Crippen LogP) is -12.1. The second-order valence-electron chi connectivity index (χ2n) is 17.0. The topological polar surface area (TPSA) is 804 Å². The molecule has 16 atom stereocenters. The molecule has 520 valence electrons. The van der Waals surface area contributed by atoms with E-state index in [2.05, 4.69) is 50.2 Å². The molecular weight excluding hydrogens is 1510 g/mol. The van der Waals surface area contributed by atoms with Gasteiger partial charge in [-0.1, -0.05) is 48.6 Å². The molecule has 4 aliphatic carbocycles. The van der Waals surface area contributed by atoms with Crippen molar-refractivity contribution in [3.8, 4) is 0 Å². The Morgan fingerprint density at radius 2 is 0.348 bits per heavy atom. The molecule has 0 amide bonds. The monoisotopic (exact) mass is 1530 g/mol. The maximum absolute atomic E-state index is 12.4. The Bertz CT molecular complexity index is 3620. The molecule has 0 aromatic rings. The van der Waals surface area contributed by atoms with Gasteiger partial charge in [0.25, 0.3) is 0 Å². The van der Waals surface area contributed by atoms with E-state index >= 15 is 0 Å². The summed E-state index contributed by atoms with van der Waals surface area (Å²) in [4.78, 5) is 0.0271. The fraction of sp³-hybridized carbons (Fsp3) is 0.704. The Hall–Kier alpha value is -2.68. The minimum atomic E-state index is -6.68. The van der Waals surface area contributed by atoms with Crippen molar-refractivity contribution >= 4 is 125 Å². The number of hydrogen-bond acceptors (Lipinski definition) is 50. The van der Waals surface area contributed by atoms with Crippen LogP contribution in [-0.2, 0) is 175 Å². The lowest BCUT2D eigenvalue weighted by molar-refractivity contribution is -0.0895. The second kappa shape index (κ2) is 28.3. The Kier molecular flexibility index (Phi) is 25.1. The van der Waals surface area contributed by atoms with Gasteiger partial charge in [-0.25, -0.2) is 101 Å². The van der Waals surface area contributed by atoms with Crippen LogP contribution in [-0.4, -0.2) is 276 Å². The van der Waals surface area contributed by atoms with Gasteiger partial charge in [-0.3, -0.25) is 60.0 Å². The summed E-state index contributed by atoms with van der Waals surface area (Å²) in [6.07, 6.45) is -40.9. The van der Waals surface area contributed by atoms with Crippen LogP contribution in [0.3, 0.4) is 0 Å². The molecule has 0 aliphatic heterocycles. The van der Waals surface area contributed by atoms with Crippen LogP contribution in [0.25, 0.3) is 0 Å². The average Bonchev–Trinajstić information content (AvgIpc) is 0.887. The van der Waals surface area contributed by atoms with Gasteiger partial charge >= 0.3 is 0 Å². The zero-order valence-electron chi connectivity index (χ0n) is 41.4. The second-order valence-corrected chi connectivity index (χ2v) is 29.1. The summed E-state index contributed by atoms with van der Waals surface area (Å²) >= 11 is 0. The van der Waals surface area contributed by atoms with E-state index in [0.29, 0.717) is 0 Å². The molecule has 0 saturated heterocycles. The largest absolute Gasteiger partial charge is 0.726 e. The van der Waals surface area contributed by atoms with E-state index in [1.165, 1.54) is 0 Å². The third-order valence-electron chi connectivity index (χ3n) is 11.0. The zero-order chi connectivity index (χ0) is 68.7. The summed E-state index contributed by atoms with van der Waals surface area (Å²) in [5, 5.41) is 0. The van der Waals surface area contributed by atoms with Gasteiger partial charge in [0.1, 0.15) is 73.2 Å². The van der Waals surface area contributed by atoms with Crippen molar-refractivity contribution in [2.24, 2.45) is 0 Å². The minimum absolute atomic E-state index is 0.0135. The summed E-state index contributed by atoms with van der Waals surface area (Å²) in [5.41, 5.74) is 0. The smallest absolute Gasteiger partial charge is 0.218 e. The molecule has 0 aromatic heterocycles. The molecule has 0 spiro atoms. The van der Waals surface area contributed by atoms with Gasteiger partial charge in [0, 0.05) is 13.1 Å². The molecule has 0 bridgehead atoms. The van der Waals surface area contributed by atoms with Gasteiger partial charge in [0.05, 0.1) is 24.2 Å². The maximum atomic E-state index is 12.4. The van der Waals surface area contributed by atoms with E-state index in [0.717, 1.165) is 0 Å². The van der Waals surface area contributed by atoms with E-state index in [1.807, 2.05) is 0 Å². The Morgan fingerprint density at radius 3 is 0.483 bits per heavy atom. The van der Waals surface area contributed by atoms with Crippen molar-refractivity contribution < 1.29 is 206 Å². The first-order valence-electron chi connectivity index (χ1n) is 21.5. The molecule has 4 aliphatic rings. The Labute approximate surface area is 502 Å². The molecule has 4 rings (SSSR count). The SMILES string of the molecule is O=S(=O)([O-])O[C@H]1[C@H](OS(=O)(=O)[O-])[C@@H](N(CCCN([C@H]2C=C[C@@H](OS(=O)(=O)[O-])[C@@H](OS(=O)(=O)[O-])[C@@H]2OS(=O)(=O)[O-])[C@H]2C=C[C@@H](OS(=O)(=O)[O-])[C@@H](OS(=O)(=O)[O-])[C@@H]2OS(=O)(=O)[O-])[C@H]2C=C[C@@H](OS(=O)(=O)[O-])[C@@H](OS(=O)(=O)[O-])[C@@H]2OS(=O)(=O)[O-])C=C[C@H]1OS(=O)(=O)[O-]. The van der Waals surface area contributed by atoms with E-state index in [4.69, 9.17) is 0 Å². The van der Waals surface area contributed by atoms with Crippen molar-refractivity contribution in [2.45, 2.75) is 104 Å². The molecule has 62 heteroatoms. The predicted molar refractivity (Wildman–Crippen MR) is 245 cm³/mol. The summed E-state index contributed by atoms with van der Waals surface area (Å²) in [5.74, 6) is 0. The fourth-order valence-electron chi connectivity index (χ4n) is 8.79. The molecule has 0 heterocycles. The lowest BCUT2D eigenvalue weighted by Gasteiger charge is -2.50. The molecule has 0 unspecified atom stereocenters. The molecule has 89 heavy (non-hydrogen) atoms. The summed E-state index contributed by atoms with van der Waals surface area (Å²) in [6, 6.07) is -11.8. The van der Waals surface area contributed by atoms with Gasteiger partial charge in [-0.2, -0.15) is 0 Å². The molecule has 0 aromatic carbocycles. The van der Waals surface area contributed by atoms with Crippen LogP contribution in [0.5, 0.6) is 0 Å². The zero-order valence-corrected chi connectivity index (χ0v) is 51.2. The van der Waals surface area contributed by atoms with Crippen molar-refractivity contribution in [2.75, 3.05) is 13.1 Å². The van der Waals surface area contributed by atoms with Gasteiger partial charge in [0.15, 0.2) is 0 Å². The number of nitrogens with zero attached hydrogens (tertiary/aromatic N) is 2. The highest BCUT2D eigenvalue weighted by molar-refractivity contribution is 7.83. The van der Waals surface area contributed by atoms with E-state index in [9.17, 15) is 156 Å². The first-order valence-corrected chi connectivity index (χ1v) is 37.5. The number of rotatable bonds is 32. The fourth-order valence-corrected chi connectivity index (χ4v) is 14.5. The molecular formula is C27H30N2O48S12-12. The van der Waals surface area contributed by atoms with Crippen LogP contribution in [0.4, 0.5) is 0 Å². The molecule has 0 radical (unpaired) electrons. The lowest BCUT2D eigenvalue weighted by atomic mass is 9.87. The minimum Gasteiger partial charge on any atom is -0.726 e. The van der Waals surface area contributed by atoms with Crippen LogP contribution in [0, 0.1) is 0 Å². The highest BCUT2D eigenvalue weighted by Crippen LogP contribution is 2.38. The van der Waals surface area contributed by atoms with Crippen LogP contribution in [0.15, 0.2) is 48.6 Å². The van der Waals surface area contributed by atoms with Crippen LogP contribution >= 0.6 is 0 Å². The third-order valence-corrected chi connectivity index (χ3v) is 16.5. The van der Waals surface area contributed by atoms with Crippen molar-refractivity contribution in [3.05, 3.63) is 48.6 Å². The van der Waals surface area contributed by atoms with Gasteiger partial charge in [-0.15, -0.1) is 0 Å². The molecule has 50 nitrogen and oxygen atoms in total. The van der Waals surface area contributed by atoms with Crippen molar-refractivity contribution in [1.29, 1.82) is 0 Å². The van der Waals surface area contributed by atoms with Crippen molar-refractivity contribution in [1.82, 2.24) is 9.80 Å². The van der Waals surface area contributed by atoms with E-state index in [-0.39, 0.29) is 58.4 Å². The number of hydrogen-bond donors (Lipinski definition) is 0. The third kappa shape index (κ3) is 27.3. The Balaban J connectivity index is 2.26. The van der Waals surface area contributed by atoms with Gasteiger partial charge in [0.2, 0.25) is 125 Å². The van der Waals surface area contributed by atoms with E-state index < -0.39 is 242 Å². The van der Waals surface area contributed by atoms with Gasteiger partial charge < -0.3 is 54.6 Å². The van der Waals surface area contributed by atoms with Crippen molar-refractivity contribution in [3.63, 3.8) is 0 Å². The summed E-state index contributed by atoms with van der Waals surface area (Å²) < 4.78 is 485. The van der Waals surface area contributed by atoms with E-state index in [1.54, 1.807) is 0 Å². The standard InChI is InChI=1S/C27H42N2O48S12/c30-78(31,32)66-16-6-2-12(20(70-82(42,43)44)24(16)74-86(54,55)56)28(13-3-7-17(67-79(33,34)35)25(75-87(57,58)59)21(13)71-83(45,46)47)10-1-11-29(14-4-8-18(68-80(36,37)38)26(76-88(60,61)62)22(14)72-84(48,49)50)15-5-9-19(69-81(39,40)41)27(77-89(63,64)65)23(15)73-85(51,52)53/h2-9,12-27H,1,10-11H2,(H,30,31,32)(H,33,34,35)(H,36,37,38)(H,39,40,41)(H,42,43,44)(H,45,46,47)(H,48,49,50)(H,51,52,53)(H,54,55,56)(H,57,58,59)(H,60,61,62)(H,63,64,65)/p-12/t12-,13-,14-,15-,16+,17+,18+,19+,20+,21+,22+,23+,24+,25+,26+,27+/m0/s1. The highest BCUT2D eigenvalue weighted by atomic mass is 32.3. The molecule has 0 N–H and O–H groups in total. The quantitative estimate of drug-likeness (QED) is 0.0343. The summed E-state index contributed by atoms with van der Waals surface area (Å²) in [7, 11) is -78.3. The van der Waals surface area contributed by atoms with Crippen LogP contribution < -0.4 is 0 Å². The normalized spacial score (nSPS) is 30.9. The molecule has 0 fully saturated rings. The molecule has 0 saturated carbocycles. The first-order chi connectivity index (χ1) is 39.6. The van der Waals surface area contributed by atoms with Gasteiger partial charge in [-0.05, 0) is 6.42 Å². The van der Waals surface area contributed by atoms with Crippen LogP contribution in [0.2, 0.25) is 0 Å².